The Balaban J connectivity index is 0.00000145. The summed E-state index contributed by atoms with van der Waals surface area (Å²) in [5.41, 5.74) is 0.945. The lowest BCUT2D eigenvalue weighted by Gasteiger charge is -2.46. The average Bonchev–Trinajstić information content (AvgIpc) is 3.33. The standard InChI is InChI=1S/C19H27N5O3.C2H2/c1-15(25)27-12-17(26)24-10-4-7-19(24)6-3-9-23(13-19)11-16-5-8-21-18(16)22-14-20-2;1-2/h5,8,14,21H,2-4,6-7,9-13H2,1H3;1-2H/b22-14-;. The van der Waals surface area contributed by atoms with Gasteiger partial charge in [-0.15, -0.1) is 12.8 Å². The molecule has 1 aromatic heterocycles. The molecule has 1 spiro atoms. The van der Waals surface area contributed by atoms with E-state index in [0.29, 0.717) is 0 Å². The van der Waals surface area contributed by atoms with Gasteiger partial charge >= 0.3 is 5.97 Å². The molecule has 2 aliphatic heterocycles. The minimum atomic E-state index is -0.420. The maximum absolute atomic E-state index is 12.6. The predicted molar refractivity (Wildman–Crippen MR) is 113 cm³/mol. The Bertz CT molecular complexity index is 769. The first-order chi connectivity index (χ1) is 14.0. The van der Waals surface area contributed by atoms with Gasteiger partial charge in [-0.3, -0.25) is 19.5 Å². The molecule has 1 atom stereocenters. The number of ether oxygens (including phenoxy) is 1. The Morgan fingerprint density at radius 3 is 2.76 bits per heavy atom. The van der Waals surface area contributed by atoms with Crippen LogP contribution in [0, 0.1) is 12.8 Å². The third-order valence-corrected chi connectivity index (χ3v) is 5.40. The zero-order chi connectivity index (χ0) is 21.3. The molecule has 0 saturated carbocycles. The summed E-state index contributed by atoms with van der Waals surface area (Å²) in [7, 11) is 0. The highest BCUT2D eigenvalue weighted by Gasteiger charge is 2.46. The quantitative estimate of drug-likeness (QED) is 0.343. The first kappa shape index (κ1) is 22.4. The number of esters is 1. The molecule has 8 nitrogen and oxygen atoms in total. The maximum atomic E-state index is 12.6. The number of hydrogen-bond donors (Lipinski definition) is 1. The molecule has 3 rings (SSSR count). The normalized spacial score (nSPS) is 21.7. The van der Waals surface area contributed by atoms with E-state index in [2.05, 4.69) is 39.4 Å². The second kappa shape index (κ2) is 10.6. The van der Waals surface area contributed by atoms with Crippen LogP contribution in [0.4, 0.5) is 5.82 Å². The number of aliphatic imine (C=N–C) groups is 2. The van der Waals surface area contributed by atoms with Gasteiger partial charge in [0, 0.05) is 38.3 Å². The molecular weight excluding hydrogens is 370 g/mol. The molecule has 156 valence electrons. The van der Waals surface area contributed by atoms with Gasteiger partial charge < -0.3 is 14.6 Å². The van der Waals surface area contributed by atoms with Gasteiger partial charge in [-0.1, -0.05) is 0 Å². The van der Waals surface area contributed by atoms with E-state index in [1.54, 1.807) is 0 Å². The van der Waals surface area contributed by atoms with Crippen molar-refractivity contribution < 1.29 is 14.3 Å². The van der Waals surface area contributed by atoms with Crippen molar-refractivity contribution in [3.63, 3.8) is 0 Å². The molecule has 2 aliphatic rings. The second-order valence-electron chi connectivity index (χ2n) is 7.25. The summed E-state index contributed by atoms with van der Waals surface area (Å²) in [6.45, 7) is 7.89. The second-order valence-corrected chi connectivity index (χ2v) is 7.25. The molecule has 0 aliphatic carbocycles. The van der Waals surface area contributed by atoms with Crippen LogP contribution in [0.25, 0.3) is 0 Å². The molecule has 0 bridgehead atoms. The van der Waals surface area contributed by atoms with Crippen molar-refractivity contribution in [3.05, 3.63) is 17.8 Å². The minimum absolute atomic E-state index is 0.0893. The van der Waals surface area contributed by atoms with Gasteiger partial charge in [0.1, 0.15) is 12.2 Å². The lowest BCUT2D eigenvalue weighted by atomic mass is 9.86. The van der Waals surface area contributed by atoms with E-state index in [1.807, 2.05) is 17.2 Å². The number of amides is 1. The Morgan fingerprint density at radius 2 is 2.07 bits per heavy atom. The molecule has 2 saturated heterocycles. The summed E-state index contributed by atoms with van der Waals surface area (Å²) in [5, 5.41) is 0. The van der Waals surface area contributed by atoms with Gasteiger partial charge in [0.2, 0.25) is 0 Å². The molecular formula is C21H29N5O3. The number of aromatic nitrogens is 1. The van der Waals surface area contributed by atoms with Crippen LogP contribution in [0.2, 0.25) is 0 Å². The number of rotatable bonds is 6. The Kier molecular flexibility index (Phi) is 8.16. The van der Waals surface area contributed by atoms with E-state index in [0.717, 1.165) is 63.2 Å². The zero-order valence-corrected chi connectivity index (χ0v) is 17.0. The molecule has 0 aromatic carbocycles. The molecule has 1 aromatic rings. The number of H-pyrrole nitrogens is 1. The number of nitrogens with one attached hydrogen (secondary N) is 1. The van der Waals surface area contributed by atoms with Crippen LogP contribution in [0.15, 0.2) is 22.2 Å². The molecule has 3 heterocycles. The van der Waals surface area contributed by atoms with Crippen molar-refractivity contribution in [2.24, 2.45) is 9.98 Å². The number of terminal acetylenes is 1. The number of hydrogen-bond acceptors (Lipinski definition) is 5. The number of nitrogens with zero attached hydrogens (tertiary/aromatic N) is 4. The van der Waals surface area contributed by atoms with Gasteiger partial charge in [-0.2, -0.15) is 0 Å². The number of piperidine rings is 1. The largest absolute Gasteiger partial charge is 0.456 e. The van der Waals surface area contributed by atoms with Gasteiger partial charge in [-0.05, 0) is 45.0 Å². The summed E-state index contributed by atoms with van der Waals surface area (Å²) >= 11 is 0. The van der Waals surface area contributed by atoms with Crippen molar-refractivity contribution in [1.82, 2.24) is 14.8 Å². The first-order valence-corrected chi connectivity index (χ1v) is 9.68. The van der Waals surface area contributed by atoms with Crippen LogP contribution < -0.4 is 0 Å². The van der Waals surface area contributed by atoms with Crippen molar-refractivity contribution in [1.29, 1.82) is 0 Å². The minimum Gasteiger partial charge on any atom is -0.456 e. The van der Waals surface area contributed by atoms with E-state index >= 15 is 0 Å². The van der Waals surface area contributed by atoms with Crippen molar-refractivity contribution in [3.8, 4) is 12.8 Å². The Hall–Kier alpha value is -2.92. The SMILES string of the molecule is C#C.C=N/C=N\c1[nH]ccc1CN1CCCC2(CCCN2C(=O)COC(C)=O)C1. The molecule has 0 radical (unpaired) electrons. The summed E-state index contributed by atoms with van der Waals surface area (Å²) < 4.78 is 4.94. The lowest BCUT2D eigenvalue weighted by molar-refractivity contribution is -0.153. The van der Waals surface area contributed by atoms with E-state index in [4.69, 9.17) is 4.74 Å². The van der Waals surface area contributed by atoms with Crippen LogP contribution in [0.1, 0.15) is 38.2 Å². The zero-order valence-electron chi connectivity index (χ0n) is 17.0. The van der Waals surface area contributed by atoms with Crippen LogP contribution in [0.5, 0.6) is 0 Å². The van der Waals surface area contributed by atoms with Crippen molar-refractivity contribution in [2.45, 2.75) is 44.7 Å². The fraction of sp³-hybridized carbons (Fsp3) is 0.524. The fourth-order valence-electron chi connectivity index (χ4n) is 4.31. The molecule has 1 unspecified atom stereocenters. The van der Waals surface area contributed by atoms with Gasteiger partial charge in [0.25, 0.3) is 5.91 Å². The molecule has 29 heavy (non-hydrogen) atoms. The van der Waals surface area contributed by atoms with Crippen molar-refractivity contribution in [2.75, 3.05) is 26.2 Å². The maximum Gasteiger partial charge on any atom is 0.303 e. The van der Waals surface area contributed by atoms with Gasteiger partial charge in [-0.25, -0.2) is 4.99 Å². The Morgan fingerprint density at radius 1 is 1.34 bits per heavy atom. The van der Waals surface area contributed by atoms with Crippen LogP contribution in [-0.4, -0.2) is 71.5 Å². The average molecular weight is 399 g/mol. The number of likely N-dealkylation sites (tertiary alicyclic amines) is 2. The highest BCUT2D eigenvalue weighted by Crippen LogP contribution is 2.38. The van der Waals surface area contributed by atoms with Crippen LogP contribution >= 0.6 is 0 Å². The predicted octanol–water partition coefficient (Wildman–Crippen LogP) is 2.14. The summed E-state index contributed by atoms with van der Waals surface area (Å²) in [4.78, 5) is 39.0. The monoisotopic (exact) mass is 399 g/mol. The topological polar surface area (TPSA) is 90.4 Å². The number of carbonyl (C=O) groups is 2. The lowest BCUT2D eigenvalue weighted by Crippen LogP contribution is -2.57. The highest BCUT2D eigenvalue weighted by molar-refractivity contribution is 5.81. The van der Waals surface area contributed by atoms with E-state index in [1.165, 1.54) is 13.3 Å². The van der Waals surface area contributed by atoms with Crippen molar-refractivity contribution >= 4 is 30.8 Å². The van der Waals surface area contributed by atoms with Crippen LogP contribution in [0.3, 0.4) is 0 Å². The number of aromatic amines is 1. The van der Waals surface area contributed by atoms with E-state index in [9.17, 15) is 9.59 Å². The smallest absolute Gasteiger partial charge is 0.303 e. The van der Waals surface area contributed by atoms with Gasteiger partial charge in [0.15, 0.2) is 6.61 Å². The molecule has 2 fully saturated rings. The Labute approximate surface area is 172 Å². The molecule has 1 N–H and O–H groups in total. The highest BCUT2D eigenvalue weighted by atomic mass is 16.5. The molecule has 1 amide bonds. The van der Waals surface area contributed by atoms with Gasteiger partial charge in [0.05, 0.1) is 5.54 Å². The third kappa shape index (κ3) is 5.55. The summed E-state index contributed by atoms with van der Waals surface area (Å²) in [6, 6.07) is 2.02. The third-order valence-electron chi connectivity index (χ3n) is 5.40. The number of carbonyl (C=O) groups excluding carboxylic acids is 2. The van der Waals surface area contributed by atoms with E-state index < -0.39 is 5.97 Å². The van der Waals surface area contributed by atoms with Crippen LogP contribution in [-0.2, 0) is 20.9 Å². The first-order valence-electron chi connectivity index (χ1n) is 9.68. The summed E-state index contributed by atoms with van der Waals surface area (Å²) in [5.74, 6) is 0.279. The molecule has 8 heteroatoms. The fourth-order valence-corrected chi connectivity index (χ4v) is 4.31. The van der Waals surface area contributed by atoms with E-state index in [-0.39, 0.29) is 18.1 Å². The summed E-state index contributed by atoms with van der Waals surface area (Å²) in [6.07, 6.45) is 15.3.